The van der Waals surface area contributed by atoms with E-state index in [0.29, 0.717) is 11.3 Å². The number of nitrogens with one attached hydrogen (secondary N) is 1. The van der Waals surface area contributed by atoms with Gasteiger partial charge in [-0.1, -0.05) is 24.3 Å². The zero-order valence-electron chi connectivity index (χ0n) is 13.4. The van der Waals surface area contributed by atoms with Crippen LogP contribution in [0.1, 0.15) is 11.1 Å². The monoisotopic (exact) mass is 337 g/mol. The van der Waals surface area contributed by atoms with Crippen molar-refractivity contribution in [2.45, 2.75) is 6.54 Å². The van der Waals surface area contributed by atoms with Crippen molar-refractivity contribution < 1.29 is 14.5 Å². The molecular weight excluding hydrogens is 322 g/mol. The third-order valence-corrected chi connectivity index (χ3v) is 3.37. The van der Waals surface area contributed by atoms with Crippen molar-refractivity contribution in [1.29, 1.82) is 5.26 Å². The first-order chi connectivity index (χ1) is 12.0. The third-order valence-electron chi connectivity index (χ3n) is 3.37. The number of rotatable bonds is 6. The number of non-ortho nitro benzene ring substituents is 1. The molecule has 0 radical (unpaired) electrons. The van der Waals surface area contributed by atoms with E-state index in [1.807, 2.05) is 6.07 Å². The minimum atomic E-state index is -0.551. The van der Waals surface area contributed by atoms with E-state index in [0.717, 1.165) is 5.56 Å². The van der Waals surface area contributed by atoms with Crippen LogP contribution >= 0.6 is 0 Å². The summed E-state index contributed by atoms with van der Waals surface area (Å²) in [5.74, 6) is 0.156. The summed E-state index contributed by atoms with van der Waals surface area (Å²) in [6.07, 6.45) is 1.32. The lowest BCUT2D eigenvalue weighted by Crippen LogP contribution is -2.23. The van der Waals surface area contributed by atoms with Crippen molar-refractivity contribution in [3.8, 4) is 11.8 Å². The predicted octanol–water partition coefficient (Wildman–Crippen LogP) is 2.83. The summed E-state index contributed by atoms with van der Waals surface area (Å²) in [6.45, 7) is 0.247. The van der Waals surface area contributed by atoms with Crippen LogP contribution in [0.3, 0.4) is 0 Å². The van der Waals surface area contributed by atoms with E-state index in [2.05, 4.69) is 5.32 Å². The summed E-state index contributed by atoms with van der Waals surface area (Å²) >= 11 is 0. The normalized spacial score (nSPS) is 10.6. The van der Waals surface area contributed by atoms with Gasteiger partial charge in [0, 0.05) is 18.7 Å². The van der Waals surface area contributed by atoms with Crippen molar-refractivity contribution in [2.75, 3.05) is 7.11 Å². The molecule has 0 saturated heterocycles. The lowest BCUT2D eigenvalue weighted by atomic mass is 10.1. The molecule has 0 aliphatic carbocycles. The highest BCUT2D eigenvalue weighted by molar-refractivity contribution is 6.01. The van der Waals surface area contributed by atoms with Gasteiger partial charge in [-0.25, -0.2) is 0 Å². The van der Waals surface area contributed by atoms with E-state index in [1.54, 1.807) is 37.4 Å². The van der Waals surface area contributed by atoms with E-state index in [4.69, 9.17) is 4.74 Å². The van der Waals surface area contributed by atoms with Gasteiger partial charge in [-0.2, -0.15) is 5.26 Å². The van der Waals surface area contributed by atoms with Crippen LogP contribution in [-0.2, 0) is 11.3 Å². The maximum atomic E-state index is 12.1. The molecule has 25 heavy (non-hydrogen) atoms. The van der Waals surface area contributed by atoms with Crippen LogP contribution in [0.2, 0.25) is 0 Å². The minimum absolute atomic E-state index is 0.107. The van der Waals surface area contributed by atoms with Gasteiger partial charge in [0.2, 0.25) is 0 Å². The number of benzene rings is 2. The molecule has 1 amide bonds. The molecule has 0 aliphatic rings. The first kappa shape index (κ1) is 17.7. The van der Waals surface area contributed by atoms with Gasteiger partial charge in [-0.05, 0) is 29.3 Å². The van der Waals surface area contributed by atoms with Gasteiger partial charge in [-0.3, -0.25) is 14.9 Å². The Hall–Kier alpha value is -3.66. The topological polar surface area (TPSA) is 105 Å². The molecule has 1 N–H and O–H groups in total. The number of nitriles is 1. The average molecular weight is 337 g/mol. The first-order valence-corrected chi connectivity index (χ1v) is 7.31. The number of nitro benzene ring substituents is 1. The van der Waals surface area contributed by atoms with Crippen LogP contribution in [0.25, 0.3) is 6.08 Å². The number of hydrogen-bond acceptors (Lipinski definition) is 5. The second kappa shape index (κ2) is 8.26. The molecule has 2 aromatic carbocycles. The van der Waals surface area contributed by atoms with Gasteiger partial charge in [-0.15, -0.1) is 0 Å². The highest BCUT2D eigenvalue weighted by Crippen LogP contribution is 2.16. The van der Waals surface area contributed by atoms with E-state index >= 15 is 0 Å². The highest BCUT2D eigenvalue weighted by Gasteiger charge is 2.10. The SMILES string of the molecule is COc1ccc(CNC(=O)/C(C#N)=C/c2cccc([N+](=O)[O-])c2)cc1. The number of carbonyl (C=O) groups excluding carboxylic acids is 1. The van der Waals surface area contributed by atoms with Gasteiger partial charge < -0.3 is 10.1 Å². The summed E-state index contributed by atoms with van der Waals surface area (Å²) in [7, 11) is 1.56. The number of hydrogen-bond donors (Lipinski definition) is 1. The fourth-order valence-corrected chi connectivity index (χ4v) is 2.06. The Kier molecular flexibility index (Phi) is 5.85. The Balaban J connectivity index is 2.08. The lowest BCUT2D eigenvalue weighted by Gasteiger charge is -2.06. The second-order valence-corrected chi connectivity index (χ2v) is 5.05. The zero-order valence-corrected chi connectivity index (χ0v) is 13.4. The number of nitro groups is 1. The van der Waals surface area contributed by atoms with Crippen molar-refractivity contribution in [3.05, 3.63) is 75.3 Å². The molecule has 7 nitrogen and oxygen atoms in total. The fraction of sp³-hybridized carbons (Fsp3) is 0.111. The van der Waals surface area contributed by atoms with Crippen molar-refractivity contribution in [1.82, 2.24) is 5.32 Å². The van der Waals surface area contributed by atoms with Gasteiger partial charge >= 0.3 is 0 Å². The Morgan fingerprint density at radius 3 is 2.64 bits per heavy atom. The molecule has 0 aromatic heterocycles. The van der Waals surface area contributed by atoms with Crippen molar-refractivity contribution in [2.24, 2.45) is 0 Å². The van der Waals surface area contributed by atoms with E-state index in [9.17, 15) is 20.2 Å². The molecule has 126 valence electrons. The first-order valence-electron chi connectivity index (χ1n) is 7.31. The zero-order chi connectivity index (χ0) is 18.2. The molecule has 2 aromatic rings. The third kappa shape index (κ3) is 4.91. The van der Waals surface area contributed by atoms with Gasteiger partial charge in [0.15, 0.2) is 0 Å². The number of ether oxygens (including phenoxy) is 1. The summed E-state index contributed by atoms with van der Waals surface area (Å²) < 4.78 is 5.06. The van der Waals surface area contributed by atoms with Crippen molar-refractivity contribution in [3.63, 3.8) is 0 Å². The molecule has 0 unspecified atom stereocenters. The smallest absolute Gasteiger partial charge is 0.270 e. The summed E-state index contributed by atoms with van der Waals surface area (Å²) in [5, 5.41) is 22.6. The highest BCUT2D eigenvalue weighted by atomic mass is 16.6. The number of carbonyl (C=O) groups is 1. The molecule has 0 heterocycles. The van der Waals surface area contributed by atoms with E-state index in [1.165, 1.54) is 24.3 Å². The standard InChI is InChI=1S/C18H15N3O4/c1-25-17-7-5-13(6-8-17)12-20-18(22)15(11-19)9-14-3-2-4-16(10-14)21(23)24/h2-10H,12H2,1H3,(H,20,22)/b15-9+. The Labute approximate surface area is 144 Å². The maximum Gasteiger partial charge on any atom is 0.270 e. The molecule has 0 saturated carbocycles. The van der Waals surface area contributed by atoms with E-state index < -0.39 is 10.8 Å². The molecule has 2 rings (SSSR count). The van der Waals surface area contributed by atoms with Crippen LogP contribution < -0.4 is 10.1 Å². The molecular formula is C18H15N3O4. The van der Waals surface area contributed by atoms with Crippen LogP contribution in [0.4, 0.5) is 5.69 Å². The van der Waals surface area contributed by atoms with Gasteiger partial charge in [0.05, 0.1) is 12.0 Å². The second-order valence-electron chi connectivity index (χ2n) is 5.05. The average Bonchev–Trinajstić information content (AvgIpc) is 2.64. The molecule has 0 aliphatic heterocycles. The Bertz CT molecular complexity index is 851. The summed E-state index contributed by atoms with van der Waals surface area (Å²) in [5.41, 5.74) is 1.02. The number of nitrogens with zero attached hydrogens (tertiary/aromatic N) is 2. The molecule has 0 bridgehead atoms. The quantitative estimate of drug-likeness (QED) is 0.378. The molecule has 7 heteroatoms. The largest absolute Gasteiger partial charge is 0.497 e. The fourth-order valence-electron chi connectivity index (χ4n) is 2.06. The Morgan fingerprint density at radius 1 is 1.32 bits per heavy atom. The molecule has 0 fully saturated rings. The van der Waals surface area contributed by atoms with Crippen LogP contribution in [0, 0.1) is 21.4 Å². The molecule has 0 spiro atoms. The van der Waals surface area contributed by atoms with Crippen LogP contribution in [0.15, 0.2) is 54.1 Å². The lowest BCUT2D eigenvalue weighted by molar-refractivity contribution is -0.384. The number of amides is 1. The van der Waals surface area contributed by atoms with Crippen LogP contribution in [0.5, 0.6) is 5.75 Å². The maximum absolute atomic E-state index is 12.1. The summed E-state index contributed by atoms with van der Waals surface area (Å²) in [6, 6.07) is 14.7. The predicted molar refractivity (Wildman–Crippen MR) is 91.5 cm³/mol. The van der Waals surface area contributed by atoms with Crippen LogP contribution in [-0.4, -0.2) is 17.9 Å². The summed E-state index contributed by atoms with van der Waals surface area (Å²) in [4.78, 5) is 22.4. The Morgan fingerprint density at radius 2 is 2.04 bits per heavy atom. The van der Waals surface area contributed by atoms with Crippen molar-refractivity contribution >= 4 is 17.7 Å². The molecule has 0 atom stereocenters. The minimum Gasteiger partial charge on any atom is -0.497 e. The van der Waals surface area contributed by atoms with E-state index in [-0.39, 0.29) is 17.8 Å². The van der Waals surface area contributed by atoms with Gasteiger partial charge in [0.25, 0.3) is 11.6 Å². The van der Waals surface area contributed by atoms with Gasteiger partial charge in [0.1, 0.15) is 17.4 Å². The number of methoxy groups -OCH3 is 1.